The molecule has 0 amide bonds. The van der Waals surface area contributed by atoms with Crippen molar-refractivity contribution in [1.29, 1.82) is 0 Å². The van der Waals surface area contributed by atoms with E-state index in [1.54, 1.807) is 0 Å². The minimum absolute atomic E-state index is 0.109. The SMILES string of the molecule is CCCCCCCCCCCCCCCCCCCCCCCCC(=O)OC[C@H](COP(=O)(O)OC[C@@H](O)COP(=O)(O)OC[C@@H](COC(=O)CCCCCCCCCCCCCC)OC(=O)CCCCCCCCCCCCCCCCCCC(C)C)OC(=O)CCCCCCCCCCCCCCCCCCCCCCCC. The van der Waals surface area contributed by atoms with Gasteiger partial charge in [-0.25, -0.2) is 9.13 Å². The average Bonchev–Trinajstić information content (AvgIpc) is 0.898. The maximum atomic E-state index is 13.2. The zero-order valence-corrected chi connectivity index (χ0v) is 77.7. The quantitative estimate of drug-likeness (QED) is 0.0222. The fourth-order valence-corrected chi connectivity index (χ4v) is 16.8. The third-order valence-corrected chi connectivity index (χ3v) is 24.7. The molecule has 0 spiro atoms. The Hall–Kier alpha value is -1.94. The molecule has 0 aromatic heterocycles. The molecule has 3 N–H and O–H groups in total. The Kier molecular flexibility index (Phi) is 86.9. The van der Waals surface area contributed by atoms with Gasteiger partial charge in [0.1, 0.15) is 19.3 Å². The third-order valence-electron chi connectivity index (χ3n) is 22.8. The van der Waals surface area contributed by atoms with Crippen LogP contribution in [-0.2, 0) is 65.4 Å². The van der Waals surface area contributed by atoms with Gasteiger partial charge in [-0.15, -0.1) is 0 Å². The number of hydrogen-bond donors (Lipinski definition) is 3. The van der Waals surface area contributed by atoms with E-state index in [-0.39, 0.29) is 25.7 Å². The molecule has 0 saturated heterocycles. The summed E-state index contributed by atoms with van der Waals surface area (Å²) in [4.78, 5) is 73.6. The number of unbranched alkanes of at least 4 members (excludes halogenated alkanes) is 68. The van der Waals surface area contributed by atoms with Crippen molar-refractivity contribution in [2.45, 2.75) is 547 Å². The Labute approximate surface area is 708 Å². The molecule has 0 aliphatic rings. The second-order valence-corrected chi connectivity index (χ2v) is 37.8. The highest BCUT2D eigenvalue weighted by atomic mass is 31.2. The number of phosphoric ester groups is 2. The van der Waals surface area contributed by atoms with E-state index in [9.17, 15) is 43.2 Å². The van der Waals surface area contributed by atoms with Crippen LogP contribution in [0.2, 0.25) is 0 Å². The molecule has 0 aromatic carbocycles. The van der Waals surface area contributed by atoms with Gasteiger partial charge in [0.05, 0.1) is 26.4 Å². The van der Waals surface area contributed by atoms with Crippen LogP contribution in [0, 0.1) is 5.92 Å². The number of aliphatic hydroxyl groups excluding tert-OH is 1. The van der Waals surface area contributed by atoms with Gasteiger partial charge in [-0.05, 0) is 31.6 Å². The van der Waals surface area contributed by atoms with Gasteiger partial charge in [0.15, 0.2) is 12.2 Å². The van der Waals surface area contributed by atoms with Crippen molar-refractivity contribution in [1.82, 2.24) is 0 Å². The van der Waals surface area contributed by atoms with Crippen molar-refractivity contribution < 1.29 is 80.2 Å². The molecule has 0 rings (SSSR count). The van der Waals surface area contributed by atoms with Gasteiger partial charge in [-0.1, -0.05) is 478 Å². The Morgan fingerprint density at radius 3 is 0.591 bits per heavy atom. The molecule has 684 valence electrons. The number of carbonyl (C=O) groups is 4. The molecule has 0 aromatic rings. The first-order valence-electron chi connectivity index (χ1n) is 49.6. The lowest BCUT2D eigenvalue weighted by atomic mass is 10.0. The van der Waals surface area contributed by atoms with Gasteiger partial charge >= 0.3 is 39.5 Å². The van der Waals surface area contributed by atoms with Gasteiger partial charge in [0.2, 0.25) is 0 Å². The van der Waals surface area contributed by atoms with Crippen LogP contribution in [0.1, 0.15) is 529 Å². The fraction of sp³-hybridized carbons (Fsp3) is 0.958. The molecule has 19 heteroatoms. The van der Waals surface area contributed by atoms with Crippen molar-refractivity contribution in [2.24, 2.45) is 5.92 Å². The number of phosphoric acid groups is 2. The molecule has 0 radical (unpaired) electrons. The van der Waals surface area contributed by atoms with Crippen LogP contribution >= 0.6 is 15.6 Å². The minimum Gasteiger partial charge on any atom is -0.462 e. The van der Waals surface area contributed by atoms with Crippen LogP contribution in [0.25, 0.3) is 0 Å². The van der Waals surface area contributed by atoms with Crippen molar-refractivity contribution in [2.75, 3.05) is 39.6 Å². The number of rotatable bonds is 96. The Morgan fingerprint density at radius 2 is 0.400 bits per heavy atom. The highest BCUT2D eigenvalue weighted by Crippen LogP contribution is 2.45. The minimum atomic E-state index is -4.97. The molecule has 0 heterocycles. The van der Waals surface area contributed by atoms with Crippen LogP contribution in [0.15, 0.2) is 0 Å². The number of carbonyl (C=O) groups excluding carboxylic acids is 4. The number of aliphatic hydroxyl groups is 1. The predicted octanol–water partition coefficient (Wildman–Crippen LogP) is 30.3. The lowest BCUT2D eigenvalue weighted by Crippen LogP contribution is -2.30. The summed E-state index contributed by atoms with van der Waals surface area (Å²) in [6.07, 6.45) is 86.4. The maximum Gasteiger partial charge on any atom is 0.472 e. The summed E-state index contributed by atoms with van der Waals surface area (Å²) in [5.74, 6) is -1.28. The zero-order chi connectivity index (χ0) is 84.0. The molecular weight excluding hydrogens is 1490 g/mol. The Morgan fingerprint density at radius 1 is 0.235 bits per heavy atom. The van der Waals surface area contributed by atoms with Gasteiger partial charge in [-0.2, -0.15) is 0 Å². The number of ether oxygens (including phenoxy) is 4. The summed E-state index contributed by atoms with van der Waals surface area (Å²) in [5.41, 5.74) is 0. The van der Waals surface area contributed by atoms with E-state index >= 15 is 0 Å². The van der Waals surface area contributed by atoms with Crippen LogP contribution in [0.4, 0.5) is 0 Å². The summed E-state index contributed by atoms with van der Waals surface area (Å²) in [5, 5.41) is 10.7. The van der Waals surface area contributed by atoms with Crippen molar-refractivity contribution in [3.05, 3.63) is 0 Å². The third kappa shape index (κ3) is 89.6. The molecule has 115 heavy (non-hydrogen) atoms. The van der Waals surface area contributed by atoms with Crippen LogP contribution in [-0.4, -0.2) is 96.7 Å². The first kappa shape index (κ1) is 113. The zero-order valence-electron chi connectivity index (χ0n) is 76.0. The summed E-state index contributed by atoms with van der Waals surface area (Å²) in [6.45, 7) is 7.45. The lowest BCUT2D eigenvalue weighted by Gasteiger charge is -2.21. The highest BCUT2D eigenvalue weighted by molar-refractivity contribution is 7.47. The fourth-order valence-electron chi connectivity index (χ4n) is 15.2. The molecular formula is C96H188O17P2. The van der Waals surface area contributed by atoms with Crippen LogP contribution in [0.5, 0.6) is 0 Å². The van der Waals surface area contributed by atoms with Crippen molar-refractivity contribution in [3.8, 4) is 0 Å². The van der Waals surface area contributed by atoms with Gasteiger partial charge in [0.25, 0.3) is 0 Å². The van der Waals surface area contributed by atoms with Crippen LogP contribution < -0.4 is 0 Å². The van der Waals surface area contributed by atoms with E-state index in [0.717, 1.165) is 95.8 Å². The average molecular weight is 1680 g/mol. The summed E-state index contributed by atoms with van der Waals surface area (Å²) >= 11 is 0. The Balaban J connectivity index is 5.23. The van der Waals surface area contributed by atoms with Crippen molar-refractivity contribution in [3.63, 3.8) is 0 Å². The second-order valence-electron chi connectivity index (χ2n) is 34.9. The first-order chi connectivity index (χ1) is 56.0. The number of hydrogen-bond acceptors (Lipinski definition) is 15. The molecule has 0 aliphatic carbocycles. The molecule has 0 fully saturated rings. The monoisotopic (exact) mass is 1680 g/mol. The normalized spacial score (nSPS) is 13.6. The molecule has 2 unspecified atom stereocenters. The van der Waals surface area contributed by atoms with E-state index in [1.807, 2.05) is 0 Å². The smallest absolute Gasteiger partial charge is 0.462 e. The summed E-state index contributed by atoms with van der Waals surface area (Å²) < 4.78 is 69.2. The van der Waals surface area contributed by atoms with E-state index in [2.05, 4.69) is 34.6 Å². The molecule has 17 nitrogen and oxygen atoms in total. The predicted molar refractivity (Wildman–Crippen MR) is 479 cm³/mol. The standard InChI is InChI=1S/C96H188O17P2/c1-6-9-12-15-18-21-24-27-29-31-33-35-37-39-41-46-50-55-60-65-70-75-80-94(99)107-86-92(113-95(100)81-76-71-66-61-56-51-47-42-40-38-36-34-32-30-28-25-22-19-16-13-10-7-2)88-111-115(104,105)109-84-90(97)83-108-114(102,103)110-87-91(85-106-93(98)79-74-69-64-59-54-26-23-20-17-14-11-8-3)112-96(101)82-77-72-67-62-57-52-48-44-43-45-49-53-58-63-68-73-78-89(4)5/h89-92,97H,6-88H2,1-5H3,(H,102,103)(H,104,105)/t90-,91+,92+/m0/s1. The van der Waals surface area contributed by atoms with E-state index in [4.69, 9.17) is 37.0 Å². The lowest BCUT2D eigenvalue weighted by molar-refractivity contribution is -0.161. The summed E-state index contributed by atoms with van der Waals surface area (Å²) in [7, 11) is -9.94. The maximum absolute atomic E-state index is 13.2. The topological polar surface area (TPSA) is 237 Å². The van der Waals surface area contributed by atoms with E-state index in [1.165, 1.54) is 353 Å². The van der Waals surface area contributed by atoms with Crippen molar-refractivity contribution >= 4 is 39.5 Å². The van der Waals surface area contributed by atoms with Gasteiger partial charge in [-0.3, -0.25) is 37.3 Å². The van der Waals surface area contributed by atoms with E-state index in [0.29, 0.717) is 25.7 Å². The number of esters is 4. The molecule has 0 bridgehead atoms. The molecule has 0 saturated carbocycles. The molecule has 0 aliphatic heterocycles. The Bertz CT molecular complexity index is 2170. The summed E-state index contributed by atoms with van der Waals surface area (Å²) in [6, 6.07) is 0. The highest BCUT2D eigenvalue weighted by Gasteiger charge is 2.31. The second kappa shape index (κ2) is 88.4. The van der Waals surface area contributed by atoms with E-state index < -0.39 is 97.5 Å². The van der Waals surface area contributed by atoms with Gasteiger partial charge < -0.3 is 33.8 Å². The largest absolute Gasteiger partial charge is 0.472 e. The van der Waals surface area contributed by atoms with Crippen LogP contribution in [0.3, 0.4) is 0 Å². The van der Waals surface area contributed by atoms with Gasteiger partial charge in [0, 0.05) is 25.7 Å². The molecule has 5 atom stereocenters. The first-order valence-corrected chi connectivity index (χ1v) is 52.6.